The molecule has 0 amide bonds. The first kappa shape index (κ1) is 14.6. The summed E-state index contributed by atoms with van der Waals surface area (Å²) in [6.07, 6.45) is 5.53. The zero-order valence-corrected chi connectivity index (χ0v) is 13.3. The average Bonchev–Trinajstić information content (AvgIpc) is 2.82. The predicted octanol–water partition coefficient (Wildman–Crippen LogP) is 3.95. The quantitative estimate of drug-likeness (QED) is 0.672. The lowest BCUT2D eigenvalue weighted by molar-refractivity contribution is 0.538. The van der Waals surface area contributed by atoms with Crippen molar-refractivity contribution in [1.82, 2.24) is 9.97 Å². The number of nitrogens with two attached hydrogens (primary N) is 1. The predicted molar refractivity (Wildman–Crippen MR) is 82.6 cm³/mol. The summed E-state index contributed by atoms with van der Waals surface area (Å²) in [5, 5.41) is 1.07. The van der Waals surface area contributed by atoms with Gasteiger partial charge in [0, 0.05) is 16.7 Å². The zero-order chi connectivity index (χ0) is 14.0. The van der Waals surface area contributed by atoms with Crippen LogP contribution in [0.15, 0.2) is 5.03 Å². The van der Waals surface area contributed by atoms with Crippen LogP contribution in [0, 0.1) is 12.8 Å². The van der Waals surface area contributed by atoms with Gasteiger partial charge in [-0.1, -0.05) is 33.6 Å². The molecule has 0 spiro atoms. The number of hydrogen-bond acceptors (Lipinski definition) is 4. The van der Waals surface area contributed by atoms with Crippen LogP contribution < -0.4 is 5.73 Å². The Bertz CT molecular complexity index is 445. The van der Waals surface area contributed by atoms with E-state index >= 15 is 0 Å². The molecule has 106 valence electrons. The molecule has 0 unspecified atom stereocenters. The number of nitrogen functional groups attached to an aromatic ring is 1. The monoisotopic (exact) mass is 279 g/mol. The molecule has 1 fully saturated rings. The summed E-state index contributed by atoms with van der Waals surface area (Å²) in [7, 11) is 0. The van der Waals surface area contributed by atoms with Gasteiger partial charge in [0.15, 0.2) is 0 Å². The van der Waals surface area contributed by atoms with Gasteiger partial charge in [0.05, 0.1) is 0 Å². The molecule has 0 bridgehead atoms. The van der Waals surface area contributed by atoms with Crippen LogP contribution in [0.4, 0.5) is 5.82 Å². The minimum absolute atomic E-state index is 0.0511. The van der Waals surface area contributed by atoms with Crippen molar-refractivity contribution in [2.75, 3.05) is 11.5 Å². The van der Waals surface area contributed by atoms with Crippen molar-refractivity contribution in [1.29, 1.82) is 0 Å². The number of aromatic nitrogens is 2. The molecule has 19 heavy (non-hydrogen) atoms. The van der Waals surface area contributed by atoms with Crippen LogP contribution in [0.2, 0.25) is 0 Å². The van der Waals surface area contributed by atoms with E-state index < -0.39 is 0 Å². The van der Waals surface area contributed by atoms with Crippen LogP contribution in [-0.2, 0) is 5.41 Å². The van der Waals surface area contributed by atoms with Crippen LogP contribution in [0.5, 0.6) is 0 Å². The minimum Gasteiger partial charge on any atom is -0.383 e. The molecule has 0 saturated heterocycles. The van der Waals surface area contributed by atoms with E-state index in [0.717, 1.165) is 22.3 Å². The maximum atomic E-state index is 6.04. The van der Waals surface area contributed by atoms with E-state index in [9.17, 15) is 0 Å². The topological polar surface area (TPSA) is 51.8 Å². The summed E-state index contributed by atoms with van der Waals surface area (Å²) in [6.45, 7) is 8.41. The number of rotatable bonds is 3. The molecular formula is C15H25N3S. The summed E-state index contributed by atoms with van der Waals surface area (Å²) in [4.78, 5) is 9.17. The van der Waals surface area contributed by atoms with Gasteiger partial charge in [0.2, 0.25) is 0 Å². The van der Waals surface area contributed by atoms with Gasteiger partial charge in [0.1, 0.15) is 16.7 Å². The first-order valence-corrected chi connectivity index (χ1v) is 8.14. The van der Waals surface area contributed by atoms with Crippen molar-refractivity contribution in [2.45, 2.75) is 63.8 Å². The van der Waals surface area contributed by atoms with Crippen LogP contribution in [-0.4, -0.2) is 15.7 Å². The number of nitrogens with zero attached hydrogens (tertiary/aromatic N) is 2. The first-order chi connectivity index (χ1) is 8.88. The molecule has 0 aliphatic heterocycles. The van der Waals surface area contributed by atoms with E-state index in [4.69, 9.17) is 10.7 Å². The molecular weight excluding hydrogens is 254 g/mol. The second-order valence-electron chi connectivity index (χ2n) is 6.57. The molecule has 0 radical (unpaired) electrons. The van der Waals surface area contributed by atoms with Crippen molar-refractivity contribution in [3.63, 3.8) is 0 Å². The van der Waals surface area contributed by atoms with Gasteiger partial charge in [-0.15, -0.1) is 11.8 Å². The third-order valence-corrected chi connectivity index (χ3v) is 5.05. The molecule has 2 rings (SSSR count). The Morgan fingerprint density at radius 3 is 2.42 bits per heavy atom. The lowest BCUT2D eigenvalue weighted by Gasteiger charge is -2.19. The molecule has 1 aliphatic carbocycles. The van der Waals surface area contributed by atoms with Gasteiger partial charge >= 0.3 is 0 Å². The lowest BCUT2D eigenvalue weighted by Crippen LogP contribution is -2.18. The zero-order valence-electron chi connectivity index (χ0n) is 12.5. The largest absolute Gasteiger partial charge is 0.383 e. The summed E-state index contributed by atoms with van der Waals surface area (Å²) in [5.41, 5.74) is 7.02. The van der Waals surface area contributed by atoms with Crippen LogP contribution >= 0.6 is 11.8 Å². The SMILES string of the molecule is Cc1c(N)nc(C(C)(C)C)nc1SCC1CCCC1. The van der Waals surface area contributed by atoms with Crippen molar-refractivity contribution >= 4 is 17.6 Å². The van der Waals surface area contributed by atoms with E-state index in [1.807, 2.05) is 18.7 Å². The summed E-state index contributed by atoms with van der Waals surface area (Å²) in [6, 6.07) is 0. The summed E-state index contributed by atoms with van der Waals surface area (Å²) in [5.74, 6) is 3.51. The van der Waals surface area contributed by atoms with Gasteiger partial charge < -0.3 is 5.73 Å². The van der Waals surface area contributed by atoms with Crippen LogP contribution in [0.25, 0.3) is 0 Å². The Labute approximate surface area is 120 Å². The maximum Gasteiger partial charge on any atom is 0.137 e. The molecule has 1 saturated carbocycles. The fraction of sp³-hybridized carbons (Fsp3) is 0.733. The smallest absolute Gasteiger partial charge is 0.137 e. The Balaban J connectivity index is 2.16. The van der Waals surface area contributed by atoms with Crippen molar-refractivity contribution in [2.24, 2.45) is 5.92 Å². The van der Waals surface area contributed by atoms with Crippen LogP contribution in [0.3, 0.4) is 0 Å². The summed E-state index contributed by atoms with van der Waals surface area (Å²) >= 11 is 1.86. The Hall–Kier alpha value is -0.770. The fourth-order valence-corrected chi connectivity index (χ4v) is 3.56. The highest BCUT2D eigenvalue weighted by molar-refractivity contribution is 7.99. The van der Waals surface area contributed by atoms with Crippen molar-refractivity contribution in [3.05, 3.63) is 11.4 Å². The Morgan fingerprint density at radius 1 is 1.21 bits per heavy atom. The van der Waals surface area contributed by atoms with Crippen molar-refractivity contribution in [3.8, 4) is 0 Å². The molecule has 0 atom stereocenters. The van der Waals surface area contributed by atoms with Crippen LogP contribution in [0.1, 0.15) is 57.8 Å². The lowest BCUT2D eigenvalue weighted by atomic mass is 9.95. The van der Waals surface area contributed by atoms with E-state index in [-0.39, 0.29) is 5.41 Å². The van der Waals surface area contributed by atoms with Gasteiger partial charge in [0.25, 0.3) is 0 Å². The van der Waals surface area contributed by atoms with Gasteiger partial charge in [-0.2, -0.15) is 0 Å². The highest BCUT2D eigenvalue weighted by Gasteiger charge is 2.21. The normalized spacial score (nSPS) is 17.1. The van der Waals surface area contributed by atoms with E-state index in [1.165, 1.54) is 31.4 Å². The highest BCUT2D eigenvalue weighted by atomic mass is 32.2. The van der Waals surface area contributed by atoms with E-state index in [2.05, 4.69) is 25.8 Å². The molecule has 3 nitrogen and oxygen atoms in total. The number of anilines is 1. The van der Waals surface area contributed by atoms with Gasteiger partial charge in [-0.05, 0) is 25.7 Å². The third kappa shape index (κ3) is 3.62. The third-order valence-electron chi connectivity index (χ3n) is 3.74. The van der Waals surface area contributed by atoms with Gasteiger partial charge in [-0.3, -0.25) is 0 Å². The minimum atomic E-state index is -0.0511. The molecule has 1 aromatic heterocycles. The van der Waals surface area contributed by atoms with E-state index in [0.29, 0.717) is 5.82 Å². The van der Waals surface area contributed by atoms with Crippen molar-refractivity contribution < 1.29 is 0 Å². The Kier molecular flexibility index (Phi) is 4.39. The average molecular weight is 279 g/mol. The summed E-state index contributed by atoms with van der Waals surface area (Å²) < 4.78 is 0. The van der Waals surface area contributed by atoms with Gasteiger partial charge in [-0.25, -0.2) is 9.97 Å². The molecule has 4 heteroatoms. The molecule has 0 aromatic carbocycles. The second-order valence-corrected chi connectivity index (χ2v) is 7.58. The molecule has 1 aromatic rings. The molecule has 2 N–H and O–H groups in total. The van der Waals surface area contributed by atoms with E-state index in [1.54, 1.807) is 0 Å². The molecule has 1 aliphatic rings. The second kappa shape index (κ2) is 5.70. The first-order valence-electron chi connectivity index (χ1n) is 7.15. The standard InChI is InChI=1S/C15H25N3S/c1-10-12(16)17-14(15(2,3)4)18-13(10)19-9-11-7-5-6-8-11/h11H,5-9H2,1-4H3,(H2,16,17,18). The fourth-order valence-electron chi connectivity index (χ4n) is 2.36. The number of hydrogen-bond donors (Lipinski definition) is 1. The number of thioether (sulfide) groups is 1. The highest BCUT2D eigenvalue weighted by Crippen LogP contribution is 2.33. The molecule has 1 heterocycles. The Morgan fingerprint density at radius 2 is 1.84 bits per heavy atom. The maximum absolute atomic E-state index is 6.04.